The van der Waals surface area contributed by atoms with Crippen molar-refractivity contribution >= 4 is 49.8 Å². The Morgan fingerprint density at radius 1 is 0.396 bits per heavy atom. The van der Waals surface area contributed by atoms with E-state index in [1.54, 1.807) is 0 Å². The fourth-order valence-corrected chi connectivity index (χ4v) is 6.39. The van der Waals surface area contributed by atoms with Gasteiger partial charge in [0.1, 0.15) is 11.2 Å². The highest BCUT2D eigenvalue weighted by Crippen LogP contribution is 2.40. The van der Waals surface area contributed by atoms with E-state index in [0.29, 0.717) is 17.5 Å². The van der Waals surface area contributed by atoms with Gasteiger partial charge in [-0.1, -0.05) is 109 Å². The van der Waals surface area contributed by atoms with Gasteiger partial charge in [-0.15, -0.1) is 0 Å². The van der Waals surface area contributed by atoms with Crippen molar-refractivity contribution in [2.24, 2.45) is 0 Å². The molecule has 0 aliphatic rings. The lowest BCUT2D eigenvalue weighted by Crippen LogP contribution is -2.12. The largest absolute Gasteiger partial charge is 0.456 e. The van der Waals surface area contributed by atoms with E-state index in [9.17, 15) is 0 Å². The average Bonchev–Trinajstić information content (AvgIpc) is 3.54. The van der Waals surface area contributed by atoms with Crippen LogP contribution in [-0.2, 0) is 0 Å². The molecule has 48 heavy (non-hydrogen) atoms. The van der Waals surface area contributed by atoms with Gasteiger partial charge in [-0.05, 0) is 71.4 Å². The predicted molar refractivity (Wildman–Crippen MR) is 196 cm³/mol. The number of furan rings is 1. The summed E-state index contributed by atoms with van der Waals surface area (Å²) >= 11 is 0. The van der Waals surface area contributed by atoms with Crippen molar-refractivity contribution in [2.45, 2.75) is 0 Å². The molecule has 0 saturated heterocycles. The maximum absolute atomic E-state index is 6.26. The first-order valence-corrected chi connectivity index (χ1v) is 16.0. The molecular weight excluding hydrogens is 589 g/mol. The lowest BCUT2D eigenvalue weighted by Gasteiger charge is -2.27. The summed E-state index contributed by atoms with van der Waals surface area (Å²) in [5.74, 6) is 1.76. The van der Waals surface area contributed by atoms with Gasteiger partial charge in [0.2, 0.25) is 0 Å². The number of benzene rings is 7. The molecule has 0 N–H and O–H groups in total. The average molecular weight is 617 g/mol. The molecule has 226 valence electrons. The number of rotatable bonds is 6. The van der Waals surface area contributed by atoms with Crippen LogP contribution < -0.4 is 4.90 Å². The molecule has 2 heterocycles. The van der Waals surface area contributed by atoms with Crippen molar-refractivity contribution < 1.29 is 4.42 Å². The molecule has 0 bridgehead atoms. The molecular formula is C43H28N4O. The minimum absolute atomic E-state index is 0.575. The predicted octanol–water partition coefficient (Wildman–Crippen LogP) is 11.4. The highest BCUT2D eigenvalue weighted by Gasteiger charge is 2.21. The normalized spacial score (nSPS) is 11.3. The van der Waals surface area contributed by atoms with Crippen LogP contribution in [0.25, 0.3) is 66.9 Å². The number of fused-ring (bicyclic) bond motifs is 4. The third-order valence-corrected chi connectivity index (χ3v) is 8.69. The Kier molecular flexibility index (Phi) is 6.72. The van der Waals surface area contributed by atoms with Crippen LogP contribution in [0.15, 0.2) is 174 Å². The molecule has 0 radical (unpaired) electrons. The van der Waals surface area contributed by atoms with Gasteiger partial charge in [0.15, 0.2) is 17.5 Å². The van der Waals surface area contributed by atoms with E-state index in [-0.39, 0.29) is 0 Å². The topological polar surface area (TPSA) is 55.1 Å². The third kappa shape index (κ3) is 4.95. The first kappa shape index (κ1) is 27.7. The van der Waals surface area contributed by atoms with Crippen LogP contribution in [0, 0.1) is 0 Å². The van der Waals surface area contributed by atoms with Crippen LogP contribution in [0.5, 0.6) is 0 Å². The molecule has 0 fully saturated rings. The van der Waals surface area contributed by atoms with Gasteiger partial charge in [-0.3, -0.25) is 0 Å². The first-order valence-electron chi connectivity index (χ1n) is 16.0. The van der Waals surface area contributed by atoms with Crippen LogP contribution in [0.2, 0.25) is 0 Å². The summed E-state index contributed by atoms with van der Waals surface area (Å²) in [5.41, 5.74) is 7.35. The van der Waals surface area contributed by atoms with E-state index in [2.05, 4.69) is 132 Å². The second kappa shape index (κ2) is 11.6. The number of hydrogen-bond acceptors (Lipinski definition) is 5. The lowest BCUT2D eigenvalue weighted by atomic mass is 10.1. The Labute approximate surface area is 277 Å². The maximum Gasteiger partial charge on any atom is 0.166 e. The second-order valence-electron chi connectivity index (χ2n) is 11.7. The molecule has 9 rings (SSSR count). The Bertz CT molecular complexity index is 2540. The summed E-state index contributed by atoms with van der Waals surface area (Å²) in [7, 11) is 0. The summed E-state index contributed by atoms with van der Waals surface area (Å²) in [6.45, 7) is 0. The molecule has 0 unspecified atom stereocenters. The monoisotopic (exact) mass is 616 g/mol. The third-order valence-electron chi connectivity index (χ3n) is 8.69. The fraction of sp³-hybridized carbons (Fsp3) is 0. The summed E-state index contributed by atoms with van der Waals surface area (Å²) in [5, 5.41) is 4.44. The highest BCUT2D eigenvalue weighted by molar-refractivity contribution is 6.05. The van der Waals surface area contributed by atoms with Crippen molar-refractivity contribution in [1.82, 2.24) is 15.0 Å². The van der Waals surface area contributed by atoms with Gasteiger partial charge in [-0.25, -0.2) is 15.0 Å². The minimum atomic E-state index is 0.575. The Morgan fingerprint density at radius 3 is 1.73 bits per heavy atom. The van der Waals surface area contributed by atoms with E-state index in [4.69, 9.17) is 19.4 Å². The zero-order valence-electron chi connectivity index (χ0n) is 25.9. The maximum atomic E-state index is 6.26. The van der Waals surface area contributed by atoms with Gasteiger partial charge in [0.25, 0.3) is 0 Å². The van der Waals surface area contributed by atoms with E-state index < -0.39 is 0 Å². The van der Waals surface area contributed by atoms with Crippen LogP contribution in [0.1, 0.15) is 0 Å². The molecule has 0 aliphatic carbocycles. The van der Waals surface area contributed by atoms with Gasteiger partial charge in [0, 0.05) is 38.8 Å². The van der Waals surface area contributed by atoms with Gasteiger partial charge in [0.05, 0.1) is 5.69 Å². The van der Waals surface area contributed by atoms with E-state index in [1.807, 2.05) is 42.5 Å². The van der Waals surface area contributed by atoms with Crippen LogP contribution in [-0.4, -0.2) is 15.0 Å². The van der Waals surface area contributed by atoms with Gasteiger partial charge >= 0.3 is 0 Å². The van der Waals surface area contributed by atoms with Crippen molar-refractivity contribution in [2.75, 3.05) is 4.90 Å². The van der Waals surface area contributed by atoms with E-state index >= 15 is 0 Å². The van der Waals surface area contributed by atoms with Crippen molar-refractivity contribution in [3.05, 3.63) is 170 Å². The van der Waals surface area contributed by atoms with Gasteiger partial charge in [-0.2, -0.15) is 0 Å². The molecule has 5 heteroatoms. The molecule has 7 aromatic carbocycles. The summed E-state index contributed by atoms with van der Waals surface area (Å²) in [4.78, 5) is 17.6. The lowest BCUT2D eigenvalue weighted by molar-refractivity contribution is 0.669. The van der Waals surface area contributed by atoms with Gasteiger partial charge < -0.3 is 9.32 Å². The molecule has 5 nitrogen and oxygen atoms in total. The van der Waals surface area contributed by atoms with Crippen molar-refractivity contribution in [1.29, 1.82) is 0 Å². The number of para-hydroxylation sites is 4. The fourth-order valence-electron chi connectivity index (χ4n) is 6.39. The van der Waals surface area contributed by atoms with Crippen LogP contribution in [0.3, 0.4) is 0 Å². The molecule has 0 spiro atoms. The zero-order chi connectivity index (χ0) is 31.9. The number of aromatic nitrogens is 3. The number of nitrogens with zero attached hydrogens (tertiary/aromatic N) is 4. The number of anilines is 3. The molecule has 2 aromatic heterocycles. The number of hydrogen-bond donors (Lipinski definition) is 0. The van der Waals surface area contributed by atoms with E-state index in [0.717, 1.165) is 66.5 Å². The van der Waals surface area contributed by atoms with Crippen LogP contribution >= 0.6 is 0 Å². The molecule has 0 aliphatic heterocycles. The first-order chi connectivity index (χ1) is 23.8. The summed E-state index contributed by atoms with van der Waals surface area (Å²) in [6.07, 6.45) is 0. The summed E-state index contributed by atoms with van der Waals surface area (Å²) < 4.78 is 6.26. The van der Waals surface area contributed by atoms with E-state index in [1.165, 1.54) is 0 Å². The second-order valence-corrected chi connectivity index (χ2v) is 11.7. The SMILES string of the molecule is c1ccc(N(c2ccccc2)c2ccccc2-c2nc(-c3ccc4ccccc4c3)nc(-c3ccc4c(c3)oc3ccccc34)n2)cc1. The van der Waals surface area contributed by atoms with Crippen molar-refractivity contribution in [3.63, 3.8) is 0 Å². The molecule has 0 amide bonds. The van der Waals surface area contributed by atoms with Crippen LogP contribution in [0.4, 0.5) is 17.1 Å². The summed E-state index contributed by atoms with van der Waals surface area (Å²) in [6, 6.07) is 58.0. The Balaban J connectivity index is 1.27. The molecule has 9 aromatic rings. The zero-order valence-corrected chi connectivity index (χ0v) is 25.9. The quantitative estimate of drug-likeness (QED) is 0.186. The molecule has 0 saturated carbocycles. The smallest absolute Gasteiger partial charge is 0.166 e. The highest BCUT2D eigenvalue weighted by atomic mass is 16.3. The Hall–Kier alpha value is -6.59. The standard InChI is InChI=1S/C43H28N4O/c1-3-15-33(16-4-1)47(34-17-5-2-6-18-34)38-21-11-9-20-37(38)43-45-41(31-24-23-29-13-7-8-14-30(29)27-31)44-42(46-43)32-25-26-36-35-19-10-12-22-39(35)48-40(36)28-32/h1-28H. The molecule has 0 atom stereocenters. The Morgan fingerprint density at radius 2 is 0.958 bits per heavy atom. The van der Waals surface area contributed by atoms with Crippen molar-refractivity contribution in [3.8, 4) is 34.2 Å². The minimum Gasteiger partial charge on any atom is -0.456 e.